The predicted octanol–water partition coefficient (Wildman–Crippen LogP) is 4.40. The molecule has 1 heteroatoms. The third kappa shape index (κ3) is 2.70. The third-order valence-corrected chi connectivity index (χ3v) is 4.81. The Kier molecular flexibility index (Phi) is 3.63. The number of rotatable bonds is 2. The van der Waals surface area contributed by atoms with Crippen molar-refractivity contribution in [3.8, 4) is 0 Å². The number of hydrogen-bond donors (Lipinski definition) is 0. The average Bonchev–Trinajstić information content (AvgIpc) is 2.43. The highest BCUT2D eigenvalue weighted by Gasteiger charge is 2.23. The zero-order chi connectivity index (χ0) is 13.2. The molecule has 1 aromatic rings. The number of benzene rings is 1. The molecule has 0 amide bonds. The van der Waals surface area contributed by atoms with Crippen LogP contribution in [0.4, 0.5) is 0 Å². The summed E-state index contributed by atoms with van der Waals surface area (Å²) >= 11 is 0. The molecule has 19 heavy (non-hydrogen) atoms. The van der Waals surface area contributed by atoms with E-state index in [4.69, 9.17) is 0 Å². The quantitative estimate of drug-likeness (QED) is 0.757. The van der Waals surface area contributed by atoms with Crippen molar-refractivity contribution in [3.05, 3.63) is 41.5 Å². The monoisotopic (exact) mass is 255 g/mol. The number of fused-ring (bicyclic) bond motifs is 1. The van der Waals surface area contributed by atoms with E-state index in [-0.39, 0.29) is 0 Å². The molecular weight excluding hydrogens is 230 g/mol. The fraction of sp³-hybridized carbons (Fsp3) is 0.556. The summed E-state index contributed by atoms with van der Waals surface area (Å²) in [5, 5.41) is 0. The minimum atomic E-state index is 0.900. The van der Waals surface area contributed by atoms with E-state index >= 15 is 0 Å². The predicted molar refractivity (Wildman–Crippen MR) is 82.1 cm³/mol. The Morgan fingerprint density at radius 3 is 2.79 bits per heavy atom. The molecule has 1 heterocycles. The number of hydrogen-bond acceptors (Lipinski definition) is 1. The fourth-order valence-corrected chi connectivity index (χ4v) is 3.65. The molecule has 0 bridgehead atoms. The van der Waals surface area contributed by atoms with E-state index in [1.54, 1.807) is 0 Å². The van der Waals surface area contributed by atoms with Crippen molar-refractivity contribution >= 4 is 5.70 Å². The summed E-state index contributed by atoms with van der Waals surface area (Å²) in [4.78, 5) is 2.54. The maximum absolute atomic E-state index is 4.36. The lowest BCUT2D eigenvalue weighted by atomic mass is 9.87. The molecule has 0 spiro atoms. The first-order valence-corrected chi connectivity index (χ1v) is 7.78. The van der Waals surface area contributed by atoms with E-state index in [1.165, 1.54) is 67.5 Å². The van der Waals surface area contributed by atoms with Gasteiger partial charge in [-0.1, -0.05) is 49.6 Å². The molecule has 3 rings (SSSR count). The first-order valence-electron chi connectivity index (χ1n) is 7.78. The summed E-state index contributed by atoms with van der Waals surface area (Å²) in [5.74, 6) is 0.900. The van der Waals surface area contributed by atoms with Crippen LogP contribution in [0, 0.1) is 12.8 Å². The van der Waals surface area contributed by atoms with Gasteiger partial charge in [0.15, 0.2) is 0 Å². The molecular formula is C18H25N. The van der Waals surface area contributed by atoms with Gasteiger partial charge in [-0.3, -0.25) is 0 Å². The van der Waals surface area contributed by atoms with Crippen molar-refractivity contribution in [1.29, 1.82) is 0 Å². The van der Waals surface area contributed by atoms with E-state index in [2.05, 4.69) is 36.6 Å². The van der Waals surface area contributed by atoms with Gasteiger partial charge in [0.2, 0.25) is 0 Å². The van der Waals surface area contributed by atoms with Gasteiger partial charge in [-0.2, -0.15) is 0 Å². The molecule has 0 radical (unpaired) electrons. The molecule has 102 valence electrons. The summed E-state index contributed by atoms with van der Waals surface area (Å²) in [6, 6.07) is 6.81. The first-order chi connectivity index (χ1) is 9.24. The maximum Gasteiger partial charge on any atom is 0.0369 e. The summed E-state index contributed by atoms with van der Waals surface area (Å²) in [6.45, 7) is 8.92. The van der Waals surface area contributed by atoms with Crippen LogP contribution in [-0.4, -0.2) is 18.0 Å². The van der Waals surface area contributed by atoms with Crippen LogP contribution in [0.15, 0.2) is 24.8 Å². The van der Waals surface area contributed by atoms with Crippen LogP contribution in [0.5, 0.6) is 0 Å². The topological polar surface area (TPSA) is 3.24 Å². The lowest BCUT2D eigenvalue weighted by Crippen LogP contribution is -2.34. The van der Waals surface area contributed by atoms with Crippen LogP contribution in [0.3, 0.4) is 0 Å². The van der Waals surface area contributed by atoms with E-state index in [1.807, 2.05) is 0 Å². The summed E-state index contributed by atoms with van der Waals surface area (Å²) in [5.41, 5.74) is 5.50. The molecule has 1 saturated carbocycles. The minimum absolute atomic E-state index is 0.900. The smallest absolute Gasteiger partial charge is 0.0369 e. The van der Waals surface area contributed by atoms with Crippen LogP contribution in [0.25, 0.3) is 5.70 Å². The van der Waals surface area contributed by atoms with Gasteiger partial charge in [-0.25, -0.2) is 0 Å². The lowest BCUT2D eigenvalue weighted by molar-refractivity contribution is 0.262. The molecule has 0 unspecified atom stereocenters. The molecule has 0 aromatic heterocycles. The SMILES string of the molecule is C=C1c2ccc(C)cc2CCN1CC1CCCCC1. The molecule has 1 aromatic carbocycles. The number of aryl methyl sites for hydroxylation is 1. The molecule has 1 aliphatic carbocycles. The normalized spacial score (nSPS) is 20.5. The van der Waals surface area contributed by atoms with Gasteiger partial charge in [0.1, 0.15) is 0 Å². The third-order valence-electron chi connectivity index (χ3n) is 4.81. The van der Waals surface area contributed by atoms with Crippen LogP contribution >= 0.6 is 0 Å². The largest absolute Gasteiger partial charge is 0.371 e. The van der Waals surface area contributed by atoms with Crippen LogP contribution in [0.1, 0.15) is 48.8 Å². The molecule has 1 nitrogen and oxygen atoms in total. The van der Waals surface area contributed by atoms with Gasteiger partial charge in [0, 0.05) is 24.4 Å². The summed E-state index contributed by atoms with van der Waals surface area (Å²) in [6.07, 6.45) is 8.33. The minimum Gasteiger partial charge on any atom is -0.371 e. The summed E-state index contributed by atoms with van der Waals surface area (Å²) < 4.78 is 0. The lowest BCUT2D eigenvalue weighted by Gasteiger charge is -2.36. The van der Waals surface area contributed by atoms with Gasteiger partial charge in [0.05, 0.1) is 0 Å². The van der Waals surface area contributed by atoms with Crippen molar-refractivity contribution in [3.63, 3.8) is 0 Å². The molecule has 0 N–H and O–H groups in total. The van der Waals surface area contributed by atoms with E-state index in [0.29, 0.717) is 0 Å². The highest BCUT2D eigenvalue weighted by atomic mass is 15.1. The van der Waals surface area contributed by atoms with Crippen LogP contribution in [-0.2, 0) is 6.42 Å². The second-order valence-corrected chi connectivity index (χ2v) is 6.31. The van der Waals surface area contributed by atoms with Gasteiger partial charge in [-0.05, 0) is 37.7 Å². The van der Waals surface area contributed by atoms with Gasteiger partial charge in [0.25, 0.3) is 0 Å². The van der Waals surface area contributed by atoms with Crippen molar-refractivity contribution < 1.29 is 0 Å². The molecule has 0 atom stereocenters. The Bertz CT molecular complexity index is 469. The molecule has 1 fully saturated rings. The Morgan fingerprint density at radius 1 is 1.21 bits per heavy atom. The number of nitrogens with zero attached hydrogens (tertiary/aromatic N) is 1. The first kappa shape index (κ1) is 12.8. The maximum atomic E-state index is 4.36. The zero-order valence-electron chi connectivity index (χ0n) is 12.1. The Balaban J connectivity index is 1.72. The van der Waals surface area contributed by atoms with Crippen LogP contribution < -0.4 is 0 Å². The molecule has 2 aliphatic rings. The zero-order valence-corrected chi connectivity index (χ0v) is 12.1. The van der Waals surface area contributed by atoms with Gasteiger partial charge >= 0.3 is 0 Å². The fourth-order valence-electron chi connectivity index (χ4n) is 3.65. The van der Waals surface area contributed by atoms with E-state index in [0.717, 1.165) is 12.5 Å². The second kappa shape index (κ2) is 5.40. The highest BCUT2D eigenvalue weighted by Crippen LogP contribution is 2.31. The average molecular weight is 255 g/mol. The Hall–Kier alpha value is -1.24. The highest BCUT2D eigenvalue weighted by molar-refractivity contribution is 5.67. The van der Waals surface area contributed by atoms with Gasteiger partial charge in [-0.15, -0.1) is 0 Å². The Labute approximate surface area is 117 Å². The molecule has 1 aliphatic heterocycles. The Morgan fingerprint density at radius 2 is 2.00 bits per heavy atom. The van der Waals surface area contributed by atoms with Crippen molar-refractivity contribution in [1.82, 2.24) is 4.90 Å². The van der Waals surface area contributed by atoms with E-state index < -0.39 is 0 Å². The van der Waals surface area contributed by atoms with Gasteiger partial charge < -0.3 is 4.90 Å². The van der Waals surface area contributed by atoms with Crippen molar-refractivity contribution in [2.24, 2.45) is 5.92 Å². The van der Waals surface area contributed by atoms with E-state index in [9.17, 15) is 0 Å². The van der Waals surface area contributed by atoms with Crippen LogP contribution in [0.2, 0.25) is 0 Å². The van der Waals surface area contributed by atoms with Crippen molar-refractivity contribution in [2.45, 2.75) is 45.4 Å². The molecule has 0 saturated heterocycles. The standard InChI is InChI=1S/C18H25N/c1-14-8-9-18-15(2)19(11-10-17(18)12-14)13-16-6-4-3-5-7-16/h8-9,12,16H,2-7,10-11,13H2,1H3. The van der Waals surface area contributed by atoms with Crippen molar-refractivity contribution in [2.75, 3.05) is 13.1 Å². The summed E-state index contributed by atoms with van der Waals surface area (Å²) in [7, 11) is 0. The second-order valence-electron chi connectivity index (χ2n) is 6.31.